The van der Waals surface area contributed by atoms with Crippen molar-refractivity contribution < 1.29 is 9.47 Å². The first-order chi connectivity index (χ1) is 9.40. The lowest BCUT2D eigenvalue weighted by Gasteiger charge is -2.30. The Morgan fingerprint density at radius 3 is 2.89 bits per heavy atom. The van der Waals surface area contributed by atoms with Gasteiger partial charge in [0.1, 0.15) is 5.75 Å². The van der Waals surface area contributed by atoms with Crippen LogP contribution in [0.2, 0.25) is 0 Å². The van der Waals surface area contributed by atoms with Gasteiger partial charge < -0.3 is 14.8 Å². The van der Waals surface area contributed by atoms with Crippen LogP contribution in [-0.4, -0.2) is 32.4 Å². The molecule has 3 heteroatoms. The van der Waals surface area contributed by atoms with E-state index in [4.69, 9.17) is 9.47 Å². The molecule has 2 unspecified atom stereocenters. The zero-order valence-electron chi connectivity index (χ0n) is 11.8. The zero-order chi connectivity index (χ0) is 13.3. The van der Waals surface area contributed by atoms with Crippen LogP contribution in [-0.2, 0) is 4.74 Å². The normalized spacial score (nSPS) is 21.0. The molecule has 0 saturated carbocycles. The Kier molecular flexibility index (Phi) is 6.18. The first-order valence-corrected chi connectivity index (χ1v) is 7.39. The molecular formula is C16H25NO2. The first kappa shape index (κ1) is 14.4. The van der Waals surface area contributed by atoms with Crippen LogP contribution in [0.1, 0.15) is 26.2 Å². The minimum absolute atomic E-state index is 0.508. The number of hydrogen-bond acceptors (Lipinski definition) is 3. The predicted octanol–water partition coefficient (Wildman–Crippen LogP) is 2.86. The van der Waals surface area contributed by atoms with Gasteiger partial charge in [0.25, 0.3) is 0 Å². The lowest BCUT2D eigenvalue weighted by molar-refractivity contribution is 0.0360. The van der Waals surface area contributed by atoms with E-state index in [1.807, 2.05) is 30.3 Å². The Labute approximate surface area is 116 Å². The van der Waals surface area contributed by atoms with Crippen LogP contribution < -0.4 is 10.1 Å². The van der Waals surface area contributed by atoms with Crippen LogP contribution in [0.3, 0.4) is 0 Å². The summed E-state index contributed by atoms with van der Waals surface area (Å²) in [6.45, 7) is 5.75. The van der Waals surface area contributed by atoms with Crippen LogP contribution in [0.5, 0.6) is 5.75 Å². The summed E-state index contributed by atoms with van der Waals surface area (Å²) >= 11 is 0. The summed E-state index contributed by atoms with van der Waals surface area (Å²) in [5.74, 6) is 1.59. The van der Waals surface area contributed by atoms with Gasteiger partial charge in [0.05, 0.1) is 13.2 Å². The molecule has 0 radical (unpaired) electrons. The molecular weight excluding hydrogens is 238 g/mol. The fourth-order valence-corrected chi connectivity index (χ4v) is 2.67. The standard InChI is InChI=1S/C16H25NO2/c1-2-17-16(14-7-6-11-18-13-14)10-12-19-15-8-4-3-5-9-15/h3-5,8-9,14,16-17H,2,6-7,10-13H2,1H3. The maximum absolute atomic E-state index is 5.79. The fourth-order valence-electron chi connectivity index (χ4n) is 2.67. The smallest absolute Gasteiger partial charge is 0.119 e. The third-order valence-corrected chi connectivity index (χ3v) is 3.67. The molecule has 19 heavy (non-hydrogen) atoms. The molecule has 0 spiro atoms. The molecule has 2 atom stereocenters. The Morgan fingerprint density at radius 2 is 2.21 bits per heavy atom. The molecule has 1 N–H and O–H groups in total. The molecule has 2 rings (SSSR count). The molecule has 0 bridgehead atoms. The quantitative estimate of drug-likeness (QED) is 0.820. The van der Waals surface area contributed by atoms with Gasteiger partial charge in [0, 0.05) is 12.6 Å². The van der Waals surface area contributed by atoms with Gasteiger partial charge in [-0.3, -0.25) is 0 Å². The van der Waals surface area contributed by atoms with Crippen molar-refractivity contribution in [2.45, 2.75) is 32.2 Å². The highest BCUT2D eigenvalue weighted by atomic mass is 16.5. The molecule has 0 amide bonds. The summed E-state index contributed by atoms with van der Waals surface area (Å²) in [6.07, 6.45) is 3.49. The number of rotatable bonds is 7. The highest BCUT2D eigenvalue weighted by molar-refractivity contribution is 5.20. The van der Waals surface area contributed by atoms with Gasteiger partial charge in [0.15, 0.2) is 0 Å². The van der Waals surface area contributed by atoms with E-state index in [1.54, 1.807) is 0 Å². The average Bonchev–Trinajstić information content (AvgIpc) is 2.48. The maximum atomic E-state index is 5.79. The SMILES string of the molecule is CCNC(CCOc1ccccc1)C1CCCOC1. The summed E-state index contributed by atoms with van der Waals surface area (Å²) in [5, 5.41) is 3.58. The Bertz CT molecular complexity index is 336. The van der Waals surface area contributed by atoms with E-state index in [0.29, 0.717) is 12.0 Å². The van der Waals surface area contributed by atoms with E-state index >= 15 is 0 Å². The van der Waals surface area contributed by atoms with Crippen LogP contribution >= 0.6 is 0 Å². The van der Waals surface area contributed by atoms with Crippen molar-refractivity contribution in [3.05, 3.63) is 30.3 Å². The molecule has 1 aliphatic rings. The van der Waals surface area contributed by atoms with E-state index in [-0.39, 0.29) is 0 Å². The number of hydrogen-bond donors (Lipinski definition) is 1. The first-order valence-electron chi connectivity index (χ1n) is 7.39. The topological polar surface area (TPSA) is 30.5 Å². The van der Waals surface area contributed by atoms with Crippen molar-refractivity contribution in [3.8, 4) is 5.75 Å². The van der Waals surface area contributed by atoms with Crippen molar-refractivity contribution >= 4 is 0 Å². The summed E-state index contributed by atoms with van der Waals surface area (Å²) in [5.41, 5.74) is 0. The Morgan fingerprint density at radius 1 is 1.37 bits per heavy atom. The average molecular weight is 263 g/mol. The number of benzene rings is 1. The van der Waals surface area contributed by atoms with Crippen molar-refractivity contribution in [1.82, 2.24) is 5.32 Å². The molecule has 1 aromatic rings. The molecule has 1 heterocycles. The minimum Gasteiger partial charge on any atom is -0.494 e. The Balaban J connectivity index is 1.76. The molecule has 106 valence electrons. The molecule has 1 saturated heterocycles. The Hall–Kier alpha value is -1.06. The summed E-state index contributed by atoms with van der Waals surface area (Å²) in [7, 11) is 0. The third-order valence-electron chi connectivity index (χ3n) is 3.67. The lowest BCUT2D eigenvalue weighted by Crippen LogP contribution is -2.41. The van der Waals surface area contributed by atoms with Gasteiger partial charge in [-0.05, 0) is 43.9 Å². The minimum atomic E-state index is 0.508. The predicted molar refractivity (Wildman–Crippen MR) is 77.6 cm³/mol. The van der Waals surface area contributed by atoms with Crippen LogP contribution in [0.4, 0.5) is 0 Å². The highest BCUT2D eigenvalue weighted by Crippen LogP contribution is 2.20. The lowest BCUT2D eigenvalue weighted by atomic mass is 9.92. The van der Waals surface area contributed by atoms with E-state index in [9.17, 15) is 0 Å². The molecule has 1 fully saturated rings. The second-order valence-corrected chi connectivity index (χ2v) is 5.09. The maximum Gasteiger partial charge on any atom is 0.119 e. The van der Waals surface area contributed by atoms with Gasteiger partial charge in [-0.2, -0.15) is 0 Å². The second kappa shape index (κ2) is 8.18. The summed E-state index contributed by atoms with van der Waals surface area (Å²) in [4.78, 5) is 0. The van der Waals surface area contributed by atoms with E-state index < -0.39 is 0 Å². The van der Waals surface area contributed by atoms with Crippen molar-refractivity contribution in [2.24, 2.45) is 5.92 Å². The van der Waals surface area contributed by atoms with E-state index in [1.165, 1.54) is 12.8 Å². The number of nitrogens with one attached hydrogen (secondary N) is 1. The third kappa shape index (κ3) is 4.84. The molecule has 3 nitrogen and oxygen atoms in total. The fraction of sp³-hybridized carbons (Fsp3) is 0.625. The number of ether oxygens (including phenoxy) is 2. The van der Waals surface area contributed by atoms with Crippen LogP contribution in [0.15, 0.2) is 30.3 Å². The van der Waals surface area contributed by atoms with Gasteiger partial charge in [0.2, 0.25) is 0 Å². The van der Waals surface area contributed by atoms with Gasteiger partial charge in [-0.25, -0.2) is 0 Å². The summed E-state index contributed by atoms with van der Waals surface area (Å²) < 4.78 is 11.4. The molecule has 0 aromatic heterocycles. The van der Waals surface area contributed by atoms with Gasteiger partial charge in [-0.15, -0.1) is 0 Å². The summed E-state index contributed by atoms with van der Waals surface area (Å²) in [6, 6.07) is 10.5. The number of para-hydroxylation sites is 1. The van der Waals surface area contributed by atoms with Crippen molar-refractivity contribution in [1.29, 1.82) is 0 Å². The molecule has 1 aliphatic heterocycles. The molecule has 0 aliphatic carbocycles. The molecule has 1 aromatic carbocycles. The highest BCUT2D eigenvalue weighted by Gasteiger charge is 2.23. The van der Waals surface area contributed by atoms with Crippen LogP contribution in [0.25, 0.3) is 0 Å². The van der Waals surface area contributed by atoms with Crippen molar-refractivity contribution in [2.75, 3.05) is 26.4 Å². The largest absolute Gasteiger partial charge is 0.494 e. The zero-order valence-corrected chi connectivity index (χ0v) is 11.8. The monoisotopic (exact) mass is 263 g/mol. The van der Waals surface area contributed by atoms with Crippen LogP contribution in [0, 0.1) is 5.92 Å². The second-order valence-electron chi connectivity index (χ2n) is 5.09. The van der Waals surface area contributed by atoms with Gasteiger partial charge >= 0.3 is 0 Å². The van der Waals surface area contributed by atoms with Gasteiger partial charge in [-0.1, -0.05) is 25.1 Å². The van der Waals surface area contributed by atoms with E-state index in [0.717, 1.165) is 38.5 Å². The van der Waals surface area contributed by atoms with Crippen molar-refractivity contribution in [3.63, 3.8) is 0 Å². The van der Waals surface area contributed by atoms with E-state index in [2.05, 4.69) is 12.2 Å².